The molecule has 1 aromatic heterocycles. The molecule has 1 aliphatic rings. The second-order valence-electron chi connectivity index (χ2n) is 5.86. The number of rotatable bonds is 6. The van der Waals surface area contributed by atoms with E-state index < -0.39 is 6.10 Å². The Labute approximate surface area is 158 Å². The maximum Gasteiger partial charge on any atom is 0.231 e. The number of pyridine rings is 1. The average Bonchev–Trinajstić information content (AvgIpc) is 3.13. The monoisotopic (exact) mass is 416 g/mol. The molecule has 0 amide bonds. The van der Waals surface area contributed by atoms with Crippen LogP contribution in [0.3, 0.4) is 0 Å². The van der Waals surface area contributed by atoms with Gasteiger partial charge in [-0.15, -0.1) is 0 Å². The lowest BCUT2D eigenvalue weighted by Crippen LogP contribution is -2.26. The molecular formula is C19H17BrN2O4. The number of hydrogen-bond acceptors (Lipinski definition) is 6. The van der Waals surface area contributed by atoms with E-state index in [1.165, 1.54) is 0 Å². The van der Waals surface area contributed by atoms with E-state index in [1.807, 2.05) is 24.3 Å². The van der Waals surface area contributed by atoms with Crippen LogP contribution in [0.1, 0.15) is 0 Å². The van der Waals surface area contributed by atoms with Crippen molar-refractivity contribution >= 4 is 32.5 Å². The second-order valence-corrected chi connectivity index (χ2v) is 6.71. The molecule has 0 bridgehead atoms. The number of nitrogens with zero attached hydrogens (tertiary/aromatic N) is 1. The van der Waals surface area contributed by atoms with Gasteiger partial charge in [-0.1, -0.05) is 12.1 Å². The zero-order valence-electron chi connectivity index (χ0n) is 13.8. The number of anilines is 1. The highest BCUT2D eigenvalue weighted by Gasteiger charge is 2.14. The summed E-state index contributed by atoms with van der Waals surface area (Å²) >= 11 is 3.50. The minimum Gasteiger partial charge on any atom is -0.491 e. The van der Waals surface area contributed by atoms with Crippen LogP contribution in [0, 0.1) is 0 Å². The molecule has 6 nitrogen and oxygen atoms in total. The Hall–Kier alpha value is -2.51. The van der Waals surface area contributed by atoms with Crippen LogP contribution in [-0.2, 0) is 0 Å². The predicted molar refractivity (Wildman–Crippen MR) is 102 cm³/mol. The first-order valence-corrected chi connectivity index (χ1v) is 8.97. The summed E-state index contributed by atoms with van der Waals surface area (Å²) in [6.45, 7) is 0.747. The van der Waals surface area contributed by atoms with E-state index in [1.54, 1.807) is 24.4 Å². The number of benzene rings is 2. The van der Waals surface area contributed by atoms with Gasteiger partial charge in [-0.25, -0.2) is 0 Å². The molecule has 2 heterocycles. The molecule has 0 spiro atoms. The number of halogens is 1. The standard InChI is InChI=1S/C19H17BrN2O4/c20-15-3-1-2-14-16(6-7-21-19(14)15)22-9-12(23)10-24-13-4-5-17-18(8-13)26-11-25-17/h1-8,12,23H,9-11H2,(H,21,22). The normalized spacial score (nSPS) is 13.6. The lowest BCUT2D eigenvalue weighted by atomic mass is 10.2. The van der Waals surface area contributed by atoms with Crippen LogP contribution in [0.2, 0.25) is 0 Å². The van der Waals surface area contributed by atoms with Crippen LogP contribution >= 0.6 is 15.9 Å². The number of hydrogen-bond donors (Lipinski definition) is 2. The molecule has 1 unspecified atom stereocenters. The summed E-state index contributed by atoms with van der Waals surface area (Å²) in [5.41, 5.74) is 1.79. The molecule has 0 fully saturated rings. The zero-order valence-corrected chi connectivity index (χ0v) is 15.4. The number of aromatic nitrogens is 1. The lowest BCUT2D eigenvalue weighted by Gasteiger charge is -2.15. The summed E-state index contributed by atoms with van der Waals surface area (Å²) in [7, 11) is 0. The second kappa shape index (κ2) is 7.39. The van der Waals surface area contributed by atoms with E-state index in [0.29, 0.717) is 23.8 Å². The molecule has 1 atom stereocenters. The number of fused-ring (bicyclic) bond motifs is 2. The fraction of sp³-hybridized carbons (Fsp3) is 0.211. The van der Waals surface area contributed by atoms with Crippen molar-refractivity contribution in [2.24, 2.45) is 0 Å². The minimum absolute atomic E-state index is 0.166. The quantitative estimate of drug-likeness (QED) is 0.639. The number of nitrogens with one attached hydrogen (secondary N) is 1. The van der Waals surface area contributed by atoms with Crippen molar-refractivity contribution < 1.29 is 19.3 Å². The van der Waals surface area contributed by atoms with Crippen LogP contribution in [-0.4, -0.2) is 36.1 Å². The molecule has 0 radical (unpaired) electrons. The SMILES string of the molecule is OC(CNc1ccnc2c(Br)cccc12)COc1ccc2c(c1)OCO2. The molecule has 134 valence electrons. The van der Waals surface area contributed by atoms with Gasteiger partial charge in [0.25, 0.3) is 0 Å². The van der Waals surface area contributed by atoms with Gasteiger partial charge in [0.05, 0.1) is 5.52 Å². The highest BCUT2D eigenvalue weighted by Crippen LogP contribution is 2.35. The van der Waals surface area contributed by atoms with Gasteiger partial charge in [0, 0.05) is 34.4 Å². The first-order valence-electron chi connectivity index (χ1n) is 8.18. The van der Waals surface area contributed by atoms with Crippen molar-refractivity contribution in [1.29, 1.82) is 0 Å². The van der Waals surface area contributed by atoms with Crippen molar-refractivity contribution in [3.8, 4) is 17.2 Å². The van der Waals surface area contributed by atoms with E-state index in [0.717, 1.165) is 21.1 Å². The number of aliphatic hydroxyl groups excluding tert-OH is 1. The summed E-state index contributed by atoms with van der Waals surface area (Å²) in [6, 6.07) is 13.1. The molecule has 2 aromatic carbocycles. The van der Waals surface area contributed by atoms with Gasteiger partial charge in [0.15, 0.2) is 11.5 Å². The first kappa shape index (κ1) is 16.9. The minimum atomic E-state index is -0.671. The summed E-state index contributed by atoms with van der Waals surface area (Å²) in [6.07, 6.45) is 1.07. The van der Waals surface area contributed by atoms with Crippen LogP contribution in [0.25, 0.3) is 10.9 Å². The Morgan fingerprint density at radius 3 is 3.00 bits per heavy atom. The van der Waals surface area contributed by atoms with Gasteiger partial charge in [-0.3, -0.25) is 4.98 Å². The first-order chi connectivity index (χ1) is 12.7. The number of aliphatic hydroxyl groups is 1. The van der Waals surface area contributed by atoms with Gasteiger partial charge < -0.3 is 24.6 Å². The van der Waals surface area contributed by atoms with E-state index in [-0.39, 0.29) is 13.4 Å². The van der Waals surface area contributed by atoms with Gasteiger partial charge in [0.2, 0.25) is 6.79 Å². The van der Waals surface area contributed by atoms with Crippen molar-refractivity contribution in [2.75, 3.05) is 25.3 Å². The molecule has 0 saturated carbocycles. The topological polar surface area (TPSA) is 72.8 Å². The number of para-hydroxylation sites is 1. The van der Waals surface area contributed by atoms with Crippen molar-refractivity contribution in [2.45, 2.75) is 6.10 Å². The molecule has 2 N–H and O–H groups in total. The van der Waals surface area contributed by atoms with Crippen molar-refractivity contribution in [3.05, 3.63) is 53.1 Å². The third kappa shape index (κ3) is 3.54. The lowest BCUT2D eigenvalue weighted by molar-refractivity contribution is 0.117. The molecule has 3 aromatic rings. The summed E-state index contributed by atoms with van der Waals surface area (Å²) in [5, 5.41) is 14.5. The van der Waals surface area contributed by atoms with Gasteiger partial charge >= 0.3 is 0 Å². The fourth-order valence-corrected chi connectivity index (χ4v) is 3.21. The Morgan fingerprint density at radius 1 is 1.19 bits per heavy atom. The van der Waals surface area contributed by atoms with Crippen LogP contribution in [0.15, 0.2) is 53.1 Å². The summed E-state index contributed by atoms with van der Waals surface area (Å²) in [5.74, 6) is 1.99. The Kier molecular flexibility index (Phi) is 4.81. The van der Waals surface area contributed by atoms with Crippen molar-refractivity contribution in [3.63, 3.8) is 0 Å². The summed E-state index contributed by atoms with van der Waals surface area (Å²) in [4.78, 5) is 4.38. The molecule has 7 heteroatoms. The molecule has 1 aliphatic heterocycles. The maximum atomic E-state index is 10.2. The highest BCUT2D eigenvalue weighted by molar-refractivity contribution is 9.10. The van der Waals surface area contributed by atoms with Crippen LogP contribution < -0.4 is 19.5 Å². The fourth-order valence-electron chi connectivity index (χ4n) is 2.74. The van der Waals surface area contributed by atoms with Gasteiger partial charge in [-0.2, -0.15) is 0 Å². The highest BCUT2D eigenvalue weighted by atomic mass is 79.9. The smallest absolute Gasteiger partial charge is 0.231 e. The third-order valence-corrected chi connectivity index (χ3v) is 4.68. The third-order valence-electron chi connectivity index (χ3n) is 4.04. The molecule has 4 rings (SSSR count). The van der Waals surface area contributed by atoms with Crippen molar-refractivity contribution in [1.82, 2.24) is 4.98 Å². The largest absolute Gasteiger partial charge is 0.491 e. The van der Waals surface area contributed by atoms with E-state index in [4.69, 9.17) is 14.2 Å². The maximum absolute atomic E-state index is 10.2. The van der Waals surface area contributed by atoms with E-state index in [2.05, 4.69) is 26.2 Å². The Balaban J connectivity index is 1.36. The van der Waals surface area contributed by atoms with Crippen LogP contribution in [0.4, 0.5) is 5.69 Å². The van der Waals surface area contributed by atoms with E-state index >= 15 is 0 Å². The molecule has 0 saturated heterocycles. The summed E-state index contributed by atoms with van der Waals surface area (Å²) < 4.78 is 17.2. The van der Waals surface area contributed by atoms with Gasteiger partial charge in [0.1, 0.15) is 18.5 Å². The van der Waals surface area contributed by atoms with Crippen LogP contribution in [0.5, 0.6) is 17.2 Å². The zero-order chi connectivity index (χ0) is 17.9. The van der Waals surface area contributed by atoms with E-state index in [9.17, 15) is 5.11 Å². The van der Waals surface area contributed by atoms with Gasteiger partial charge in [-0.05, 0) is 40.2 Å². The average molecular weight is 417 g/mol. The Bertz CT molecular complexity index is 935. The Morgan fingerprint density at radius 2 is 2.08 bits per heavy atom. The molecule has 26 heavy (non-hydrogen) atoms. The predicted octanol–water partition coefficient (Wildman–Crippen LogP) is 3.58. The number of ether oxygens (including phenoxy) is 3. The molecule has 0 aliphatic carbocycles. The molecular weight excluding hydrogens is 400 g/mol.